The zero-order valence-electron chi connectivity index (χ0n) is 22.4. The largest absolute Gasteiger partial charge is 0.489 e. The van der Waals surface area contributed by atoms with Crippen LogP contribution in [0, 0.1) is 17.0 Å². The Bertz CT molecular complexity index is 1640. The maximum Gasteiger partial charge on any atom is 0.271 e. The van der Waals surface area contributed by atoms with Gasteiger partial charge < -0.3 is 4.74 Å². The fraction of sp³-hybridized carbons (Fsp3) is 0.133. The number of nitro benzene ring substituents is 1. The van der Waals surface area contributed by atoms with E-state index < -0.39 is 20.9 Å². The Hall–Kier alpha value is -5.03. The van der Waals surface area contributed by atoms with Gasteiger partial charge in [0.15, 0.2) is 0 Å². The molecule has 0 spiro atoms. The standard InChI is InChI=1S/C30H28N4O6S/c1-22-3-5-24(6-4-22)20-33(41(2,38)39)27-15-11-26(12-16-27)30(35)32-31-19-23-9-17-29(18-10-23)40-21-25-7-13-28(14-8-25)34(36)37/h3-19H,20-21H2,1-2H3,(H,32,35)/b31-19-. The highest BCUT2D eigenvalue weighted by atomic mass is 32.2. The van der Waals surface area contributed by atoms with E-state index in [1.807, 2.05) is 31.2 Å². The van der Waals surface area contributed by atoms with Crippen LogP contribution in [0.15, 0.2) is 102 Å². The normalized spacial score (nSPS) is 11.3. The third-order valence-corrected chi connectivity index (χ3v) is 7.22. The van der Waals surface area contributed by atoms with Crippen molar-refractivity contribution in [3.8, 4) is 5.75 Å². The number of nitro groups is 1. The Morgan fingerprint density at radius 3 is 2.12 bits per heavy atom. The molecule has 0 radical (unpaired) electrons. The van der Waals surface area contributed by atoms with Crippen LogP contribution in [0.4, 0.5) is 11.4 Å². The lowest BCUT2D eigenvalue weighted by atomic mass is 10.1. The number of sulfonamides is 1. The summed E-state index contributed by atoms with van der Waals surface area (Å²) in [6.45, 7) is 2.40. The van der Waals surface area contributed by atoms with E-state index in [4.69, 9.17) is 4.74 Å². The molecule has 4 aromatic carbocycles. The van der Waals surface area contributed by atoms with Gasteiger partial charge in [0.1, 0.15) is 12.4 Å². The lowest BCUT2D eigenvalue weighted by Gasteiger charge is -2.22. The van der Waals surface area contributed by atoms with Crippen LogP contribution in [-0.2, 0) is 23.2 Å². The van der Waals surface area contributed by atoms with Gasteiger partial charge >= 0.3 is 0 Å². The first-order valence-corrected chi connectivity index (χ1v) is 14.4. The number of hydrogen-bond acceptors (Lipinski definition) is 7. The molecule has 0 fully saturated rings. The SMILES string of the molecule is Cc1ccc(CN(c2ccc(C(=O)N/N=C\c3ccc(OCc4ccc([N+](=O)[O-])cc4)cc3)cc2)S(C)(=O)=O)cc1. The third-order valence-electron chi connectivity index (χ3n) is 6.08. The number of amides is 1. The molecule has 0 aliphatic heterocycles. The predicted octanol–water partition coefficient (Wildman–Crippen LogP) is 5.21. The van der Waals surface area contributed by atoms with E-state index in [0.29, 0.717) is 17.0 Å². The molecule has 0 saturated heterocycles. The maximum atomic E-state index is 12.6. The van der Waals surface area contributed by atoms with Crippen molar-refractivity contribution in [3.63, 3.8) is 0 Å². The number of carbonyl (C=O) groups excluding carboxylic acids is 1. The number of non-ortho nitro benzene ring substituents is 1. The van der Waals surface area contributed by atoms with Crippen molar-refractivity contribution in [2.75, 3.05) is 10.6 Å². The van der Waals surface area contributed by atoms with E-state index in [1.165, 1.54) is 22.7 Å². The highest BCUT2D eigenvalue weighted by Crippen LogP contribution is 2.22. The molecule has 0 aliphatic rings. The fourth-order valence-corrected chi connectivity index (χ4v) is 4.69. The van der Waals surface area contributed by atoms with E-state index in [2.05, 4.69) is 10.5 Å². The molecule has 1 N–H and O–H groups in total. The van der Waals surface area contributed by atoms with Crippen molar-refractivity contribution in [3.05, 3.63) is 135 Å². The van der Waals surface area contributed by atoms with Crippen molar-refractivity contribution in [1.29, 1.82) is 0 Å². The van der Waals surface area contributed by atoms with Crippen molar-refractivity contribution in [2.24, 2.45) is 5.10 Å². The van der Waals surface area contributed by atoms with Crippen LogP contribution in [0.5, 0.6) is 5.75 Å². The summed E-state index contributed by atoms with van der Waals surface area (Å²) in [6, 6.07) is 27.1. The topological polar surface area (TPSA) is 131 Å². The minimum atomic E-state index is -3.55. The lowest BCUT2D eigenvalue weighted by Crippen LogP contribution is -2.29. The molecule has 1 amide bonds. The van der Waals surface area contributed by atoms with E-state index in [9.17, 15) is 23.3 Å². The molecule has 4 aromatic rings. The summed E-state index contributed by atoms with van der Waals surface area (Å²) in [5, 5.41) is 14.7. The number of aryl methyl sites for hydroxylation is 1. The highest BCUT2D eigenvalue weighted by molar-refractivity contribution is 7.92. The zero-order chi connectivity index (χ0) is 29.4. The van der Waals surface area contributed by atoms with Gasteiger partial charge in [-0.1, -0.05) is 29.8 Å². The lowest BCUT2D eigenvalue weighted by molar-refractivity contribution is -0.384. The van der Waals surface area contributed by atoms with Crippen LogP contribution in [-0.4, -0.2) is 31.7 Å². The number of nitrogens with one attached hydrogen (secondary N) is 1. The summed E-state index contributed by atoms with van der Waals surface area (Å²) in [5.74, 6) is 0.162. The molecule has 11 heteroatoms. The molecular weight excluding hydrogens is 544 g/mol. The Morgan fingerprint density at radius 1 is 0.927 bits per heavy atom. The van der Waals surface area contributed by atoms with Gasteiger partial charge in [-0.2, -0.15) is 5.10 Å². The molecule has 4 rings (SSSR count). The van der Waals surface area contributed by atoms with Gasteiger partial charge in [0.25, 0.3) is 11.6 Å². The first kappa shape index (κ1) is 29.0. The first-order valence-electron chi connectivity index (χ1n) is 12.5. The first-order chi connectivity index (χ1) is 19.6. The number of hydrogen-bond donors (Lipinski definition) is 1. The van der Waals surface area contributed by atoms with Crippen LogP contribution in [0.1, 0.15) is 32.6 Å². The van der Waals surface area contributed by atoms with E-state index in [1.54, 1.807) is 60.7 Å². The minimum absolute atomic E-state index is 0.0222. The quantitative estimate of drug-likeness (QED) is 0.149. The monoisotopic (exact) mass is 572 g/mol. The molecule has 210 valence electrons. The fourth-order valence-electron chi connectivity index (χ4n) is 3.80. The van der Waals surface area contributed by atoms with Gasteiger partial charge in [0, 0.05) is 17.7 Å². The van der Waals surface area contributed by atoms with Crippen LogP contribution >= 0.6 is 0 Å². The second kappa shape index (κ2) is 12.9. The van der Waals surface area contributed by atoms with Crippen molar-refractivity contribution in [2.45, 2.75) is 20.1 Å². The summed E-state index contributed by atoms with van der Waals surface area (Å²) in [4.78, 5) is 22.9. The molecule has 0 aromatic heterocycles. The average molecular weight is 573 g/mol. The minimum Gasteiger partial charge on any atom is -0.489 e. The van der Waals surface area contributed by atoms with E-state index in [-0.39, 0.29) is 18.8 Å². The van der Waals surface area contributed by atoms with Crippen LogP contribution < -0.4 is 14.5 Å². The number of hydrazone groups is 1. The number of rotatable bonds is 11. The van der Waals surface area contributed by atoms with E-state index in [0.717, 1.165) is 28.5 Å². The molecule has 41 heavy (non-hydrogen) atoms. The van der Waals surface area contributed by atoms with Gasteiger partial charge in [0.2, 0.25) is 10.0 Å². The molecule has 0 bridgehead atoms. The molecule has 0 aliphatic carbocycles. The summed E-state index contributed by atoms with van der Waals surface area (Å²) >= 11 is 0. The molecule has 0 saturated carbocycles. The number of benzene rings is 4. The van der Waals surface area contributed by atoms with E-state index >= 15 is 0 Å². The van der Waals surface area contributed by atoms with Crippen LogP contribution in [0.25, 0.3) is 0 Å². The predicted molar refractivity (Wildman–Crippen MR) is 158 cm³/mol. The molecule has 10 nitrogen and oxygen atoms in total. The molecule has 0 atom stereocenters. The summed E-state index contributed by atoms with van der Waals surface area (Å²) in [7, 11) is -3.55. The van der Waals surface area contributed by atoms with Crippen molar-refractivity contribution < 1.29 is 22.9 Å². The Labute approximate surface area is 238 Å². The number of anilines is 1. The zero-order valence-corrected chi connectivity index (χ0v) is 23.2. The Balaban J connectivity index is 1.31. The second-order valence-corrected chi connectivity index (χ2v) is 11.2. The van der Waals surface area contributed by atoms with Crippen LogP contribution in [0.3, 0.4) is 0 Å². The smallest absolute Gasteiger partial charge is 0.271 e. The van der Waals surface area contributed by atoms with Crippen LogP contribution in [0.2, 0.25) is 0 Å². The van der Waals surface area contributed by atoms with Gasteiger partial charge in [-0.25, -0.2) is 13.8 Å². The Kier molecular flexibility index (Phi) is 9.10. The van der Waals surface area contributed by atoms with Gasteiger partial charge in [-0.3, -0.25) is 19.2 Å². The average Bonchev–Trinajstić information content (AvgIpc) is 2.96. The summed E-state index contributed by atoms with van der Waals surface area (Å²) in [5.41, 5.74) is 6.71. The number of carbonyl (C=O) groups is 1. The third kappa shape index (κ3) is 8.23. The summed E-state index contributed by atoms with van der Waals surface area (Å²) in [6.07, 6.45) is 2.63. The summed E-state index contributed by atoms with van der Waals surface area (Å²) < 4.78 is 31.9. The molecule has 0 heterocycles. The van der Waals surface area contributed by atoms with Crippen molar-refractivity contribution in [1.82, 2.24) is 5.43 Å². The second-order valence-electron chi connectivity index (χ2n) is 9.28. The number of ether oxygens (including phenoxy) is 1. The highest BCUT2D eigenvalue weighted by Gasteiger charge is 2.18. The van der Waals surface area contributed by atoms with Gasteiger partial charge in [0.05, 0.1) is 29.6 Å². The number of nitrogens with zero attached hydrogens (tertiary/aromatic N) is 3. The van der Waals surface area contributed by atoms with Crippen molar-refractivity contribution >= 4 is 33.5 Å². The Morgan fingerprint density at radius 2 is 1.54 bits per heavy atom. The maximum absolute atomic E-state index is 12.6. The van der Waals surface area contributed by atoms with Gasteiger partial charge in [-0.15, -0.1) is 0 Å². The molecular formula is C30H28N4O6S. The molecule has 0 unspecified atom stereocenters. The van der Waals surface area contributed by atoms with Gasteiger partial charge in [-0.05, 0) is 84.3 Å².